The van der Waals surface area contributed by atoms with E-state index in [2.05, 4.69) is 55.4 Å². The van der Waals surface area contributed by atoms with E-state index in [1.54, 1.807) is 0 Å². The van der Waals surface area contributed by atoms with Crippen molar-refractivity contribution in [2.24, 2.45) is 0 Å². The molecule has 0 aromatic carbocycles. The lowest BCUT2D eigenvalue weighted by Crippen LogP contribution is -2.48. The molecule has 0 N–H and O–H groups in total. The highest BCUT2D eigenvalue weighted by Gasteiger charge is 2.68. The molecule has 0 unspecified atom stereocenters. The molecule has 3 aliphatic rings. The molecule has 142 valence electrons. The third-order valence-corrected chi connectivity index (χ3v) is 7.48. The first-order chi connectivity index (χ1) is 11.3. The predicted octanol–water partition coefficient (Wildman–Crippen LogP) is 4.80. The summed E-state index contributed by atoms with van der Waals surface area (Å²) in [5.74, 6) is 0. The van der Waals surface area contributed by atoms with E-state index < -0.39 is 0 Å². The Labute approximate surface area is 155 Å². The smallest absolute Gasteiger partial charge is 0.403 e. The van der Waals surface area contributed by atoms with Crippen molar-refractivity contribution in [2.45, 2.75) is 122 Å². The molecule has 0 radical (unpaired) electrons. The van der Waals surface area contributed by atoms with E-state index in [1.165, 1.54) is 25.7 Å². The molecule has 1 aliphatic carbocycles. The van der Waals surface area contributed by atoms with Gasteiger partial charge in [-0.05, 0) is 55.4 Å². The van der Waals surface area contributed by atoms with Crippen LogP contribution in [-0.4, -0.2) is 36.6 Å². The van der Waals surface area contributed by atoms with E-state index >= 15 is 0 Å². The SMILES string of the molecule is CC1(C)OB(C2(B3OC(C)(C)C(C)(C)O3)CCCCCC2)OC1(C)C. The fourth-order valence-corrected chi connectivity index (χ4v) is 4.12. The minimum atomic E-state index is -0.333. The van der Waals surface area contributed by atoms with Gasteiger partial charge >= 0.3 is 14.2 Å². The lowest BCUT2D eigenvalue weighted by Gasteiger charge is -2.36. The normalized spacial score (nSPS) is 32.6. The second-order valence-corrected chi connectivity index (χ2v) is 10.3. The van der Waals surface area contributed by atoms with Gasteiger partial charge in [0.25, 0.3) is 0 Å². The van der Waals surface area contributed by atoms with Gasteiger partial charge in [-0.3, -0.25) is 0 Å². The van der Waals surface area contributed by atoms with Crippen LogP contribution in [-0.2, 0) is 18.6 Å². The zero-order valence-electron chi connectivity index (χ0n) is 17.5. The summed E-state index contributed by atoms with van der Waals surface area (Å²) in [6, 6.07) is 0. The maximum absolute atomic E-state index is 6.53. The van der Waals surface area contributed by atoms with E-state index in [1.807, 2.05) is 0 Å². The van der Waals surface area contributed by atoms with Crippen molar-refractivity contribution >= 4 is 14.2 Å². The van der Waals surface area contributed by atoms with Crippen LogP contribution in [0.5, 0.6) is 0 Å². The Bertz CT molecular complexity index is 438. The number of hydrogen-bond donors (Lipinski definition) is 0. The quantitative estimate of drug-likeness (QED) is 0.529. The largest absolute Gasteiger partial charge is 0.462 e. The van der Waals surface area contributed by atoms with Crippen LogP contribution >= 0.6 is 0 Å². The third kappa shape index (κ3) is 3.11. The minimum absolute atomic E-state index is 0.243. The highest BCUT2D eigenvalue weighted by Crippen LogP contribution is 2.56. The topological polar surface area (TPSA) is 36.9 Å². The van der Waals surface area contributed by atoms with Crippen LogP contribution in [0.2, 0.25) is 5.21 Å². The van der Waals surface area contributed by atoms with Crippen LogP contribution in [0.3, 0.4) is 0 Å². The summed E-state index contributed by atoms with van der Waals surface area (Å²) in [7, 11) is -0.574. The van der Waals surface area contributed by atoms with Crippen LogP contribution in [0.1, 0.15) is 93.9 Å². The first-order valence-electron chi connectivity index (χ1n) is 10.0. The van der Waals surface area contributed by atoms with E-state index in [0.29, 0.717) is 0 Å². The molecule has 0 atom stereocenters. The van der Waals surface area contributed by atoms with Crippen LogP contribution in [0.25, 0.3) is 0 Å². The van der Waals surface area contributed by atoms with E-state index in [9.17, 15) is 0 Å². The standard InChI is InChI=1S/C19H36B2O4/c1-15(2)16(3,4)23-20(22-15)19(13-11-9-10-12-14-19)21-24-17(5,6)18(7,8)25-21/h9-14H2,1-8H3. The third-order valence-electron chi connectivity index (χ3n) is 7.48. The highest BCUT2D eigenvalue weighted by molar-refractivity contribution is 6.71. The summed E-state index contributed by atoms with van der Waals surface area (Å²) < 4.78 is 26.1. The zero-order valence-corrected chi connectivity index (χ0v) is 17.5. The Kier molecular flexibility index (Phi) is 4.72. The Hall–Kier alpha value is -0.0301. The van der Waals surface area contributed by atoms with E-state index in [4.69, 9.17) is 18.6 Å². The van der Waals surface area contributed by atoms with Crippen molar-refractivity contribution < 1.29 is 18.6 Å². The van der Waals surface area contributed by atoms with Gasteiger partial charge < -0.3 is 18.6 Å². The molecule has 2 aliphatic heterocycles. The van der Waals surface area contributed by atoms with Gasteiger partial charge in [0, 0.05) is 5.21 Å². The number of hydrogen-bond acceptors (Lipinski definition) is 4. The molecule has 3 rings (SSSR count). The summed E-state index contributed by atoms with van der Waals surface area (Å²) in [6.07, 6.45) is 6.94. The van der Waals surface area contributed by atoms with Crippen LogP contribution < -0.4 is 0 Å². The Morgan fingerprint density at radius 3 is 1.04 bits per heavy atom. The zero-order chi connectivity index (χ0) is 18.7. The summed E-state index contributed by atoms with van der Waals surface area (Å²) in [5.41, 5.74) is -1.33. The maximum atomic E-state index is 6.53. The fourth-order valence-electron chi connectivity index (χ4n) is 4.12. The predicted molar refractivity (Wildman–Crippen MR) is 103 cm³/mol. The molecule has 6 heteroatoms. The molecular weight excluding hydrogens is 314 g/mol. The van der Waals surface area contributed by atoms with Crippen molar-refractivity contribution in [3.63, 3.8) is 0 Å². The molecule has 4 nitrogen and oxygen atoms in total. The first-order valence-corrected chi connectivity index (χ1v) is 10.0. The molecule has 0 aromatic rings. The van der Waals surface area contributed by atoms with Crippen molar-refractivity contribution in [3.8, 4) is 0 Å². The molecule has 0 spiro atoms. The van der Waals surface area contributed by atoms with Gasteiger partial charge in [-0.2, -0.15) is 0 Å². The molecule has 0 bridgehead atoms. The van der Waals surface area contributed by atoms with Gasteiger partial charge in [0.1, 0.15) is 0 Å². The van der Waals surface area contributed by atoms with Crippen LogP contribution in [0, 0.1) is 0 Å². The van der Waals surface area contributed by atoms with Crippen molar-refractivity contribution in [1.82, 2.24) is 0 Å². The summed E-state index contributed by atoms with van der Waals surface area (Å²) in [5, 5.41) is -0.243. The Morgan fingerprint density at radius 2 is 0.760 bits per heavy atom. The molecule has 2 heterocycles. The summed E-state index contributed by atoms with van der Waals surface area (Å²) in [4.78, 5) is 0. The maximum Gasteiger partial charge on any atom is 0.462 e. The van der Waals surface area contributed by atoms with Crippen LogP contribution in [0.15, 0.2) is 0 Å². The second kappa shape index (κ2) is 5.98. The van der Waals surface area contributed by atoms with E-state index in [-0.39, 0.29) is 41.9 Å². The van der Waals surface area contributed by atoms with Crippen molar-refractivity contribution in [3.05, 3.63) is 0 Å². The van der Waals surface area contributed by atoms with Gasteiger partial charge in [0.05, 0.1) is 22.4 Å². The second-order valence-electron chi connectivity index (χ2n) is 10.3. The van der Waals surface area contributed by atoms with Gasteiger partial charge in [-0.15, -0.1) is 0 Å². The van der Waals surface area contributed by atoms with Gasteiger partial charge in [-0.1, -0.05) is 38.5 Å². The lowest BCUT2D eigenvalue weighted by atomic mass is 9.36. The number of rotatable bonds is 2. The molecule has 3 fully saturated rings. The van der Waals surface area contributed by atoms with Gasteiger partial charge in [-0.25, -0.2) is 0 Å². The average Bonchev–Trinajstić information content (AvgIpc) is 2.72. The average molecular weight is 350 g/mol. The monoisotopic (exact) mass is 350 g/mol. The lowest BCUT2D eigenvalue weighted by molar-refractivity contribution is 0.00578. The van der Waals surface area contributed by atoms with Crippen molar-refractivity contribution in [1.29, 1.82) is 0 Å². The Balaban J connectivity index is 1.96. The fraction of sp³-hybridized carbons (Fsp3) is 1.00. The van der Waals surface area contributed by atoms with Gasteiger partial charge in [0.2, 0.25) is 0 Å². The molecule has 2 saturated heterocycles. The summed E-state index contributed by atoms with van der Waals surface area (Å²) >= 11 is 0. The van der Waals surface area contributed by atoms with E-state index in [0.717, 1.165) is 12.8 Å². The molecule has 1 saturated carbocycles. The van der Waals surface area contributed by atoms with Crippen molar-refractivity contribution in [2.75, 3.05) is 0 Å². The minimum Gasteiger partial charge on any atom is -0.403 e. The summed E-state index contributed by atoms with van der Waals surface area (Å²) in [6.45, 7) is 17.0. The van der Waals surface area contributed by atoms with Gasteiger partial charge in [0.15, 0.2) is 0 Å². The van der Waals surface area contributed by atoms with Crippen LogP contribution in [0.4, 0.5) is 0 Å². The molecule has 0 aromatic heterocycles. The molecule has 0 amide bonds. The first kappa shape index (κ1) is 19.7. The highest BCUT2D eigenvalue weighted by atomic mass is 16.7. The molecule has 25 heavy (non-hydrogen) atoms. The molecular formula is C19H36B2O4. The Morgan fingerprint density at radius 1 is 0.480 bits per heavy atom.